The number of aromatic nitrogens is 3. The van der Waals surface area contributed by atoms with Crippen molar-refractivity contribution in [2.45, 2.75) is 6.92 Å². The first-order valence-electron chi connectivity index (χ1n) is 3.64. The van der Waals surface area contributed by atoms with Crippen LogP contribution in [0.4, 0.5) is 0 Å². The normalized spacial score (nSPS) is 9.67. The molecule has 15 heavy (non-hydrogen) atoms. The number of aryl methyl sites for hydroxylation is 1. The fourth-order valence-electron chi connectivity index (χ4n) is 0.846. The van der Waals surface area contributed by atoms with Crippen molar-refractivity contribution in [3.8, 4) is 11.8 Å². The zero-order chi connectivity index (χ0) is 10.1. The van der Waals surface area contributed by atoms with Crippen LogP contribution in [0.3, 0.4) is 0 Å². The molecule has 0 aliphatic rings. The predicted molar refractivity (Wildman–Crippen MR) is 38.9 cm³/mol. The Kier molecular flexibility index (Phi) is 3.29. The maximum absolute atomic E-state index is 10.3. The quantitative estimate of drug-likeness (QED) is 0.462. The van der Waals surface area contributed by atoms with Gasteiger partial charge >= 0.3 is 24.8 Å². The smallest absolute Gasteiger partial charge is 0.540 e. The molecule has 7 nitrogen and oxygen atoms in total. The zero-order valence-electron chi connectivity index (χ0n) is 8.05. The van der Waals surface area contributed by atoms with Gasteiger partial charge in [0.05, 0.1) is 6.20 Å². The number of rotatable bonds is 2. The third-order valence-electron chi connectivity index (χ3n) is 1.40. The Morgan fingerprint density at radius 1 is 1.33 bits per heavy atom. The minimum Gasteiger partial charge on any atom is -0.540 e. The van der Waals surface area contributed by atoms with E-state index in [1.54, 1.807) is 6.92 Å². The Hall–Kier alpha value is -1.58. The first-order chi connectivity index (χ1) is 6.66. The van der Waals surface area contributed by atoms with Crippen molar-refractivity contribution >= 4 is 5.97 Å². The molecule has 0 spiro atoms. The summed E-state index contributed by atoms with van der Waals surface area (Å²) in [4.78, 5) is 14.1. The topological polar surface area (TPSA) is 105 Å². The molecule has 0 aliphatic carbocycles. The molecule has 2 rings (SSSR count). The molecule has 0 saturated carbocycles. The molecule has 2 aromatic heterocycles. The Morgan fingerprint density at radius 2 is 2.07 bits per heavy atom. The van der Waals surface area contributed by atoms with Gasteiger partial charge in [-0.05, 0) is 6.92 Å². The van der Waals surface area contributed by atoms with Crippen LogP contribution in [0.25, 0.3) is 11.8 Å². The van der Waals surface area contributed by atoms with Gasteiger partial charge in [-0.15, -0.1) is 10.2 Å². The van der Waals surface area contributed by atoms with Crippen LogP contribution in [0.1, 0.15) is 16.4 Å². The van der Waals surface area contributed by atoms with Crippen molar-refractivity contribution in [2.75, 3.05) is 0 Å². The number of carbonyl (C=O) groups is 1. The van der Waals surface area contributed by atoms with Crippen molar-refractivity contribution in [1.29, 1.82) is 0 Å². The molecule has 0 N–H and O–H groups in total. The molecule has 8 heteroatoms. The van der Waals surface area contributed by atoms with E-state index in [0.29, 0.717) is 5.76 Å². The first-order valence-corrected chi connectivity index (χ1v) is 3.64. The van der Waals surface area contributed by atoms with Crippen molar-refractivity contribution in [3.63, 3.8) is 0 Å². The molecule has 0 radical (unpaired) electrons. The number of hydrogen-bond acceptors (Lipinski definition) is 7. The maximum Gasteiger partial charge on any atom is 1.00 e. The fourth-order valence-corrected chi connectivity index (χ4v) is 0.846. The van der Waals surface area contributed by atoms with E-state index in [-0.39, 0.29) is 30.6 Å². The second-order valence-electron chi connectivity index (χ2n) is 2.48. The average molecular weight is 201 g/mol. The monoisotopic (exact) mass is 201 g/mol. The Labute approximate surface area is 95.7 Å². The number of carboxylic acid groups (broad SMARTS) is 1. The van der Waals surface area contributed by atoms with Crippen LogP contribution in [0, 0.1) is 6.92 Å². The molecule has 0 bridgehead atoms. The number of carboxylic acids is 1. The zero-order valence-corrected chi connectivity index (χ0v) is 8.05. The van der Waals surface area contributed by atoms with Crippen molar-refractivity contribution < 1.29 is 37.6 Å². The van der Waals surface area contributed by atoms with Crippen LogP contribution in [-0.4, -0.2) is 21.2 Å². The Balaban J connectivity index is 0.00000112. The minimum absolute atomic E-state index is 0. The fraction of sp³-hybridized carbons (Fsp3) is 0.143. The minimum atomic E-state index is -1.54. The molecular weight excluding hydrogens is 197 g/mol. The van der Waals surface area contributed by atoms with Crippen molar-refractivity contribution in [2.24, 2.45) is 0 Å². The summed E-state index contributed by atoms with van der Waals surface area (Å²) < 4.78 is 9.75. The second-order valence-corrected chi connectivity index (χ2v) is 2.48. The summed E-state index contributed by atoms with van der Waals surface area (Å²) in [5.74, 6) is -1.57. The molecule has 0 amide bonds. The molecule has 0 fully saturated rings. The van der Waals surface area contributed by atoms with Gasteiger partial charge in [-0.25, -0.2) is 4.98 Å². The average Bonchev–Trinajstić information content (AvgIpc) is 2.70. The van der Waals surface area contributed by atoms with E-state index < -0.39 is 11.9 Å². The van der Waals surface area contributed by atoms with Crippen LogP contribution in [0.5, 0.6) is 0 Å². The molecule has 0 saturated heterocycles. The van der Waals surface area contributed by atoms with E-state index in [1.165, 1.54) is 6.20 Å². The number of carbonyl (C=O) groups excluding carboxylic acids is 1. The Morgan fingerprint density at radius 3 is 2.53 bits per heavy atom. The van der Waals surface area contributed by atoms with Crippen LogP contribution < -0.4 is 24.0 Å². The van der Waals surface area contributed by atoms with Gasteiger partial charge in [0, 0.05) is 0 Å². The van der Waals surface area contributed by atoms with Crippen LogP contribution in [0.15, 0.2) is 15.0 Å². The van der Waals surface area contributed by atoms with Gasteiger partial charge in [-0.3, -0.25) is 0 Å². The van der Waals surface area contributed by atoms with Gasteiger partial charge in [-0.2, -0.15) is 0 Å². The number of oxazole rings is 1. The predicted octanol–water partition coefficient (Wildman–Crippen LogP) is -3.60. The standard InChI is InChI=1S/C7H5N3O4.Li/c1-3-2-8-4(13-3)5-9-10-6(14-5)7(11)12;/h2H,1H3,(H,11,12);/q;+1/p-1. The third-order valence-corrected chi connectivity index (χ3v) is 1.40. The summed E-state index contributed by atoms with van der Waals surface area (Å²) in [6, 6.07) is 0. The maximum atomic E-state index is 10.3. The van der Waals surface area contributed by atoms with Crippen LogP contribution in [0.2, 0.25) is 0 Å². The third kappa shape index (κ3) is 2.26. The second kappa shape index (κ2) is 4.29. The van der Waals surface area contributed by atoms with Gasteiger partial charge in [0.15, 0.2) is 0 Å². The van der Waals surface area contributed by atoms with E-state index in [4.69, 9.17) is 8.83 Å². The molecule has 0 aliphatic heterocycles. The number of aromatic carboxylic acids is 1. The molecule has 0 aromatic carbocycles. The first kappa shape index (κ1) is 11.5. The van der Waals surface area contributed by atoms with Gasteiger partial charge in [-0.1, -0.05) is 0 Å². The van der Waals surface area contributed by atoms with Crippen LogP contribution >= 0.6 is 0 Å². The summed E-state index contributed by atoms with van der Waals surface area (Å²) in [7, 11) is 0. The number of hydrogen-bond donors (Lipinski definition) is 0. The van der Waals surface area contributed by atoms with E-state index in [9.17, 15) is 9.90 Å². The van der Waals surface area contributed by atoms with E-state index in [2.05, 4.69) is 15.2 Å². The summed E-state index contributed by atoms with van der Waals surface area (Å²) in [5, 5.41) is 16.9. The van der Waals surface area contributed by atoms with Crippen molar-refractivity contribution in [3.05, 3.63) is 17.8 Å². The van der Waals surface area contributed by atoms with Gasteiger partial charge in [0.25, 0.3) is 11.8 Å². The SMILES string of the molecule is Cc1cnc(-c2nnc(C(=O)[O-])o2)o1.[Li+]. The molecular formula is C7H4LiN3O4. The molecule has 0 atom stereocenters. The van der Waals surface area contributed by atoms with Crippen molar-refractivity contribution in [1.82, 2.24) is 15.2 Å². The van der Waals surface area contributed by atoms with Gasteiger partial charge in [0.2, 0.25) is 0 Å². The summed E-state index contributed by atoms with van der Waals surface area (Å²) >= 11 is 0. The van der Waals surface area contributed by atoms with E-state index in [1.807, 2.05) is 0 Å². The van der Waals surface area contributed by atoms with Crippen LogP contribution in [-0.2, 0) is 0 Å². The van der Waals surface area contributed by atoms with E-state index >= 15 is 0 Å². The summed E-state index contributed by atoms with van der Waals surface area (Å²) in [6.07, 6.45) is 1.46. The summed E-state index contributed by atoms with van der Waals surface area (Å²) in [6.45, 7) is 1.69. The molecule has 72 valence electrons. The Bertz CT molecular complexity index is 478. The molecule has 0 unspecified atom stereocenters. The van der Waals surface area contributed by atoms with Gasteiger partial charge < -0.3 is 18.7 Å². The molecule has 2 heterocycles. The van der Waals surface area contributed by atoms with E-state index in [0.717, 1.165) is 0 Å². The molecule has 2 aromatic rings. The van der Waals surface area contributed by atoms with Gasteiger partial charge in [0.1, 0.15) is 11.7 Å². The summed E-state index contributed by atoms with van der Waals surface area (Å²) in [5.41, 5.74) is 0. The largest absolute Gasteiger partial charge is 1.00 e. The number of nitrogens with zero attached hydrogens (tertiary/aromatic N) is 3.